The van der Waals surface area contributed by atoms with Gasteiger partial charge in [-0.1, -0.05) is 42.5 Å². The predicted octanol–water partition coefficient (Wildman–Crippen LogP) is 5.36. The molecule has 0 amide bonds. The topological polar surface area (TPSA) is 0 Å². The molecule has 0 aromatic heterocycles. The normalized spacial score (nSPS) is 18.9. The van der Waals surface area contributed by atoms with Crippen LogP contribution in [0.2, 0.25) is 0 Å². The summed E-state index contributed by atoms with van der Waals surface area (Å²) in [5.41, 5.74) is 4.47. The number of hydrogen-bond acceptors (Lipinski definition) is 0. The minimum absolute atomic E-state index is 0.734. The third-order valence-electron chi connectivity index (χ3n) is 4.52. The molecule has 0 N–H and O–H groups in total. The van der Waals surface area contributed by atoms with Crippen LogP contribution in [0, 0.1) is 19.8 Å². The van der Waals surface area contributed by atoms with Crippen LogP contribution in [0.5, 0.6) is 0 Å². The third kappa shape index (κ3) is 2.45. The molecular formula is C19H22. The van der Waals surface area contributed by atoms with E-state index in [2.05, 4.69) is 56.3 Å². The Bertz CT molecular complexity index is 619. The number of fused-ring (bicyclic) bond motifs is 1. The van der Waals surface area contributed by atoms with Gasteiger partial charge in [-0.2, -0.15) is 0 Å². The second kappa shape index (κ2) is 5.21. The Labute approximate surface area is 116 Å². The highest BCUT2D eigenvalue weighted by atomic mass is 14.2. The molecular weight excluding hydrogens is 228 g/mol. The minimum Gasteiger partial charge on any atom is -0.0882 e. The van der Waals surface area contributed by atoms with E-state index in [1.54, 1.807) is 5.56 Å². The smallest absolute Gasteiger partial charge is 0.0149 e. The highest BCUT2D eigenvalue weighted by molar-refractivity contribution is 5.87. The van der Waals surface area contributed by atoms with Gasteiger partial charge in [0.05, 0.1) is 0 Å². The maximum atomic E-state index is 2.43. The Kier molecular flexibility index (Phi) is 3.42. The van der Waals surface area contributed by atoms with Crippen LogP contribution >= 0.6 is 0 Å². The van der Waals surface area contributed by atoms with Gasteiger partial charge in [0, 0.05) is 0 Å². The van der Waals surface area contributed by atoms with E-state index in [1.807, 2.05) is 0 Å². The highest BCUT2D eigenvalue weighted by Crippen LogP contribution is 2.30. The molecule has 3 rings (SSSR count). The van der Waals surface area contributed by atoms with Crippen molar-refractivity contribution in [1.82, 2.24) is 0 Å². The fraction of sp³-hybridized carbons (Fsp3) is 0.368. The zero-order chi connectivity index (χ0) is 13.2. The fourth-order valence-corrected chi connectivity index (χ4v) is 3.26. The number of aryl methyl sites for hydroxylation is 1. The summed E-state index contributed by atoms with van der Waals surface area (Å²) in [5.74, 6) is 0.734. The average Bonchev–Trinajstić information content (AvgIpc) is 2.45. The predicted molar refractivity (Wildman–Crippen MR) is 83.6 cm³/mol. The van der Waals surface area contributed by atoms with Crippen LogP contribution in [0.25, 0.3) is 10.8 Å². The van der Waals surface area contributed by atoms with E-state index in [9.17, 15) is 0 Å². The van der Waals surface area contributed by atoms with Crippen molar-refractivity contribution >= 4 is 10.8 Å². The van der Waals surface area contributed by atoms with Crippen molar-refractivity contribution < 1.29 is 0 Å². The van der Waals surface area contributed by atoms with Gasteiger partial charge in [0.2, 0.25) is 0 Å². The molecule has 2 aromatic rings. The third-order valence-corrected chi connectivity index (χ3v) is 4.52. The summed E-state index contributed by atoms with van der Waals surface area (Å²) < 4.78 is 0. The van der Waals surface area contributed by atoms with Crippen LogP contribution in [-0.2, 0) is 6.42 Å². The van der Waals surface area contributed by atoms with Crippen LogP contribution in [0.3, 0.4) is 0 Å². The second-order valence-corrected chi connectivity index (χ2v) is 5.84. The molecule has 19 heavy (non-hydrogen) atoms. The van der Waals surface area contributed by atoms with Gasteiger partial charge in [0.15, 0.2) is 0 Å². The summed E-state index contributed by atoms with van der Waals surface area (Å²) in [5, 5.41) is 2.84. The lowest BCUT2D eigenvalue weighted by Gasteiger charge is -2.20. The van der Waals surface area contributed by atoms with E-state index in [1.165, 1.54) is 47.6 Å². The lowest BCUT2D eigenvalue weighted by molar-refractivity contribution is 0.539. The highest BCUT2D eigenvalue weighted by Gasteiger charge is 2.14. The molecule has 0 heteroatoms. The van der Waals surface area contributed by atoms with Crippen molar-refractivity contribution in [2.75, 3.05) is 0 Å². The SMILES string of the molecule is Cc1cc2ccccc2c(CC2C=CCCC2)c1C. The molecule has 0 spiro atoms. The number of rotatable bonds is 2. The van der Waals surface area contributed by atoms with Crippen molar-refractivity contribution in [2.45, 2.75) is 39.5 Å². The fourth-order valence-electron chi connectivity index (χ4n) is 3.26. The van der Waals surface area contributed by atoms with Crippen LogP contribution in [0.1, 0.15) is 36.0 Å². The van der Waals surface area contributed by atoms with Gasteiger partial charge < -0.3 is 0 Å². The average molecular weight is 250 g/mol. The molecule has 0 saturated carbocycles. The Morgan fingerprint density at radius 3 is 2.79 bits per heavy atom. The first kappa shape index (κ1) is 12.5. The second-order valence-electron chi connectivity index (χ2n) is 5.84. The monoisotopic (exact) mass is 250 g/mol. The van der Waals surface area contributed by atoms with Crippen LogP contribution < -0.4 is 0 Å². The Morgan fingerprint density at radius 1 is 1.16 bits per heavy atom. The number of allylic oxidation sites excluding steroid dienone is 2. The van der Waals surface area contributed by atoms with Crippen LogP contribution in [-0.4, -0.2) is 0 Å². The van der Waals surface area contributed by atoms with Gasteiger partial charge in [0.25, 0.3) is 0 Å². The van der Waals surface area contributed by atoms with Crippen LogP contribution in [0.15, 0.2) is 42.5 Å². The summed E-state index contributed by atoms with van der Waals surface area (Å²) in [7, 11) is 0. The zero-order valence-electron chi connectivity index (χ0n) is 11.9. The molecule has 1 aliphatic rings. The van der Waals surface area contributed by atoms with E-state index in [0.717, 1.165) is 5.92 Å². The molecule has 2 aromatic carbocycles. The number of benzene rings is 2. The molecule has 1 aliphatic carbocycles. The molecule has 0 heterocycles. The summed E-state index contributed by atoms with van der Waals surface area (Å²) in [4.78, 5) is 0. The molecule has 0 nitrogen and oxygen atoms in total. The maximum absolute atomic E-state index is 2.43. The Hall–Kier alpha value is -1.56. The molecule has 98 valence electrons. The quantitative estimate of drug-likeness (QED) is 0.630. The molecule has 0 fully saturated rings. The van der Waals surface area contributed by atoms with Crippen LogP contribution in [0.4, 0.5) is 0 Å². The van der Waals surface area contributed by atoms with Gasteiger partial charge in [-0.05, 0) is 72.9 Å². The Morgan fingerprint density at radius 2 is 2.00 bits per heavy atom. The molecule has 0 saturated heterocycles. The van der Waals surface area contributed by atoms with Gasteiger partial charge in [0.1, 0.15) is 0 Å². The molecule has 1 unspecified atom stereocenters. The van der Waals surface area contributed by atoms with E-state index >= 15 is 0 Å². The van der Waals surface area contributed by atoms with Crippen molar-refractivity contribution in [3.05, 3.63) is 59.2 Å². The van der Waals surface area contributed by atoms with Gasteiger partial charge in [-0.15, -0.1) is 0 Å². The summed E-state index contributed by atoms with van der Waals surface area (Å²) in [6, 6.07) is 11.1. The first-order chi connectivity index (χ1) is 9.25. The number of hydrogen-bond donors (Lipinski definition) is 0. The largest absolute Gasteiger partial charge is 0.0882 e. The summed E-state index contributed by atoms with van der Waals surface area (Å²) >= 11 is 0. The first-order valence-electron chi connectivity index (χ1n) is 7.40. The lowest BCUT2D eigenvalue weighted by atomic mass is 9.85. The van der Waals surface area contributed by atoms with E-state index in [4.69, 9.17) is 0 Å². The zero-order valence-corrected chi connectivity index (χ0v) is 11.9. The van der Waals surface area contributed by atoms with Crippen molar-refractivity contribution in [2.24, 2.45) is 5.92 Å². The van der Waals surface area contributed by atoms with Crippen molar-refractivity contribution in [3.8, 4) is 0 Å². The molecule has 0 radical (unpaired) electrons. The lowest BCUT2D eigenvalue weighted by Crippen LogP contribution is -2.07. The molecule has 0 bridgehead atoms. The minimum atomic E-state index is 0.734. The van der Waals surface area contributed by atoms with Crippen molar-refractivity contribution in [3.63, 3.8) is 0 Å². The van der Waals surface area contributed by atoms with Gasteiger partial charge >= 0.3 is 0 Å². The van der Waals surface area contributed by atoms with E-state index < -0.39 is 0 Å². The van der Waals surface area contributed by atoms with Gasteiger partial charge in [-0.3, -0.25) is 0 Å². The molecule has 0 aliphatic heterocycles. The standard InChI is InChI=1S/C19H22/c1-14-12-17-10-6-7-11-18(17)19(15(14)2)13-16-8-4-3-5-9-16/h4,6-8,10-12,16H,3,5,9,13H2,1-2H3. The van der Waals surface area contributed by atoms with Gasteiger partial charge in [-0.25, -0.2) is 0 Å². The van der Waals surface area contributed by atoms with E-state index in [-0.39, 0.29) is 0 Å². The summed E-state index contributed by atoms with van der Waals surface area (Å²) in [6.45, 7) is 4.52. The Balaban J connectivity index is 2.07. The van der Waals surface area contributed by atoms with Crippen molar-refractivity contribution in [1.29, 1.82) is 0 Å². The van der Waals surface area contributed by atoms with E-state index in [0.29, 0.717) is 0 Å². The summed E-state index contributed by atoms with van der Waals surface area (Å²) in [6.07, 6.45) is 9.96. The molecule has 1 atom stereocenters. The maximum Gasteiger partial charge on any atom is -0.0149 e. The first-order valence-corrected chi connectivity index (χ1v) is 7.40.